The van der Waals surface area contributed by atoms with Gasteiger partial charge in [-0.05, 0) is 59.4 Å². The van der Waals surface area contributed by atoms with Gasteiger partial charge in [0.1, 0.15) is 11.5 Å². The van der Waals surface area contributed by atoms with Crippen LogP contribution in [0.3, 0.4) is 0 Å². The van der Waals surface area contributed by atoms with E-state index < -0.39 is 20.6 Å². The van der Waals surface area contributed by atoms with Crippen molar-refractivity contribution in [2.75, 3.05) is 49.8 Å². The number of nitrogens with one attached hydrogen (secondary N) is 2. The molecule has 0 radical (unpaired) electrons. The van der Waals surface area contributed by atoms with E-state index in [-0.39, 0.29) is 61.3 Å². The number of aromatic hydroxyl groups is 2. The van der Waals surface area contributed by atoms with Crippen LogP contribution in [0, 0.1) is 0 Å². The normalized spacial score (nSPS) is 12.0. The quantitative estimate of drug-likeness (QED) is 0.132. The van der Waals surface area contributed by atoms with Crippen LogP contribution in [-0.4, -0.2) is 76.9 Å². The highest BCUT2D eigenvalue weighted by Gasteiger charge is 2.10. The lowest BCUT2D eigenvalue weighted by Crippen LogP contribution is -2.28. The van der Waals surface area contributed by atoms with Gasteiger partial charge in [0.15, 0.2) is 0 Å². The van der Waals surface area contributed by atoms with Gasteiger partial charge in [-0.1, -0.05) is 38.1 Å². The maximum Gasteiger partial charge on any atom is 0.335 e. The zero-order valence-electron chi connectivity index (χ0n) is 23.4. The molecular formula is C26H38Cl4N2O8S2. The van der Waals surface area contributed by atoms with Gasteiger partial charge in [0, 0.05) is 36.6 Å². The largest absolute Gasteiger partial charge is 0.508 e. The number of benzene rings is 2. The van der Waals surface area contributed by atoms with E-state index in [1.54, 1.807) is 24.3 Å². The predicted octanol–water partition coefficient (Wildman–Crippen LogP) is 5.46. The number of rotatable bonds is 16. The molecule has 0 aliphatic rings. The summed E-state index contributed by atoms with van der Waals surface area (Å²) in [6.07, 6.45) is 1.85. The van der Waals surface area contributed by atoms with Gasteiger partial charge in [-0.2, -0.15) is 26.3 Å². The molecule has 2 aromatic rings. The van der Waals surface area contributed by atoms with Gasteiger partial charge in [0.2, 0.25) is 0 Å². The molecule has 42 heavy (non-hydrogen) atoms. The zero-order chi connectivity index (χ0) is 32.0. The summed E-state index contributed by atoms with van der Waals surface area (Å²) >= 11 is 20.9. The number of phenolic OH excluding ortho intramolecular Hbond substituents is 2. The lowest BCUT2D eigenvalue weighted by molar-refractivity contribution is 0.332. The van der Waals surface area contributed by atoms with Crippen LogP contribution >= 0.6 is 46.4 Å². The average Bonchev–Trinajstić information content (AvgIpc) is 2.97. The van der Waals surface area contributed by atoms with Crippen molar-refractivity contribution in [2.24, 2.45) is 0 Å². The molecule has 0 spiro atoms. The van der Waals surface area contributed by atoms with Crippen LogP contribution in [0.4, 0.5) is 0 Å². The zero-order valence-corrected chi connectivity index (χ0v) is 28.0. The van der Waals surface area contributed by atoms with Gasteiger partial charge in [-0.15, -0.1) is 46.4 Å². The molecule has 16 heteroatoms. The molecule has 0 fully saturated rings. The molecule has 10 nitrogen and oxygen atoms in total. The topological polar surface area (TPSA) is 151 Å². The first-order valence-electron chi connectivity index (χ1n) is 12.7. The van der Waals surface area contributed by atoms with E-state index in [1.807, 2.05) is 24.3 Å². The van der Waals surface area contributed by atoms with Crippen molar-refractivity contribution in [3.8, 4) is 11.5 Å². The molecule has 0 aliphatic heterocycles. The standard InChI is InChI=1S/C18H20O2.2C4H9Cl2NO3S/c1-3-17(13-5-9-15(19)10-6-13)18(4-2)14-7-11-16(20)12-8-14;2*5-1-3-7-11(8,9)10-4-2-6/h5-12,19-20H,3-4H2,1-2H3;2*7H,1-4H2/b18-17+;;. The van der Waals surface area contributed by atoms with Crippen molar-refractivity contribution in [1.82, 2.24) is 9.44 Å². The summed E-state index contributed by atoms with van der Waals surface area (Å²) in [6.45, 7) is 4.53. The molecule has 0 atom stereocenters. The Morgan fingerprint density at radius 2 is 0.929 bits per heavy atom. The third-order valence-electron chi connectivity index (χ3n) is 4.88. The van der Waals surface area contributed by atoms with Gasteiger partial charge in [-0.25, -0.2) is 0 Å². The van der Waals surface area contributed by atoms with Crippen molar-refractivity contribution in [1.29, 1.82) is 0 Å². The fourth-order valence-electron chi connectivity index (χ4n) is 3.20. The van der Waals surface area contributed by atoms with Gasteiger partial charge in [-0.3, -0.25) is 8.37 Å². The molecule has 2 aromatic carbocycles. The molecule has 0 saturated carbocycles. The number of hydrogen-bond acceptors (Lipinski definition) is 8. The van der Waals surface area contributed by atoms with E-state index in [0.29, 0.717) is 0 Å². The van der Waals surface area contributed by atoms with Gasteiger partial charge in [0.05, 0.1) is 13.2 Å². The Morgan fingerprint density at radius 1 is 0.619 bits per heavy atom. The van der Waals surface area contributed by atoms with Crippen LogP contribution in [0.1, 0.15) is 37.8 Å². The Bertz CT molecular complexity index is 1120. The van der Waals surface area contributed by atoms with E-state index >= 15 is 0 Å². The van der Waals surface area contributed by atoms with Gasteiger partial charge >= 0.3 is 20.6 Å². The number of halogens is 4. The minimum Gasteiger partial charge on any atom is -0.508 e. The number of hydrogen-bond donors (Lipinski definition) is 4. The Morgan fingerprint density at radius 3 is 1.17 bits per heavy atom. The van der Waals surface area contributed by atoms with Gasteiger partial charge in [0.25, 0.3) is 0 Å². The first-order valence-corrected chi connectivity index (χ1v) is 17.7. The molecule has 2 rings (SSSR count). The molecule has 0 saturated heterocycles. The lowest BCUT2D eigenvalue weighted by atomic mass is 9.91. The molecule has 0 amide bonds. The highest BCUT2D eigenvalue weighted by atomic mass is 35.5. The number of allylic oxidation sites excluding steroid dienone is 2. The van der Waals surface area contributed by atoms with Crippen LogP contribution in [0.5, 0.6) is 11.5 Å². The second-order valence-electron chi connectivity index (χ2n) is 7.85. The summed E-state index contributed by atoms with van der Waals surface area (Å²) in [5.41, 5.74) is 4.82. The van der Waals surface area contributed by atoms with Crippen LogP contribution < -0.4 is 9.44 Å². The highest BCUT2D eigenvalue weighted by Crippen LogP contribution is 2.32. The van der Waals surface area contributed by atoms with E-state index in [9.17, 15) is 27.0 Å². The molecule has 0 aromatic heterocycles. The van der Waals surface area contributed by atoms with E-state index in [1.165, 1.54) is 11.1 Å². The average molecular weight is 713 g/mol. The lowest BCUT2D eigenvalue weighted by Gasteiger charge is -2.14. The molecule has 0 unspecified atom stereocenters. The van der Waals surface area contributed by atoms with Crippen LogP contribution in [-0.2, 0) is 29.0 Å². The second-order valence-corrected chi connectivity index (χ2v) is 12.2. The number of alkyl halides is 4. The maximum atomic E-state index is 10.7. The van der Waals surface area contributed by atoms with E-state index in [4.69, 9.17) is 46.4 Å². The van der Waals surface area contributed by atoms with Crippen LogP contribution in [0.25, 0.3) is 11.1 Å². The van der Waals surface area contributed by atoms with Crippen LogP contribution in [0.2, 0.25) is 0 Å². The highest BCUT2D eigenvalue weighted by molar-refractivity contribution is 7.85. The third-order valence-corrected chi connectivity index (χ3v) is 7.64. The summed E-state index contributed by atoms with van der Waals surface area (Å²) in [5.74, 6) is 1.27. The minimum atomic E-state index is -3.62. The first-order chi connectivity index (χ1) is 19.9. The van der Waals surface area contributed by atoms with E-state index in [0.717, 1.165) is 24.0 Å². The van der Waals surface area contributed by atoms with Crippen molar-refractivity contribution < 1.29 is 35.4 Å². The Hall–Kier alpha value is -1.32. The Kier molecular flexibility index (Phi) is 22.4. The maximum absolute atomic E-state index is 10.7. The molecule has 240 valence electrons. The van der Waals surface area contributed by atoms with Crippen molar-refractivity contribution in [3.63, 3.8) is 0 Å². The van der Waals surface area contributed by atoms with Crippen molar-refractivity contribution in [2.45, 2.75) is 26.7 Å². The molecule has 4 N–H and O–H groups in total. The summed E-state index contributed by atoms with van der Waals surface area (Å²) in [4.78, 5) is 0. The molecular weight excluding hydrogens is 674 g/mol. The third kappa shape index (κ3) is 18.4. The minimum absolute atomic E-state index is 0.0286. The summed E-state index contributed by atoms with van der Waals surface area (Å²) in [6, 6.07) is 14.7. The molecule has 0 aliphatic carbocycles. The Labute approximate surface area is 269 Å². The fourth-order valence-corrected chi connectivity index (χ4v) is 5.43. The Balaban J connectivity index is 0.000000656. The van der Waals surface area contributed by atoms with Crippen molar-refractivity contribution in [3.05, 3.63) is 59.7 Å². The summed E-state index contributed by atoms with van der Waals surface area (Å²) < 4.78 is 55.7. The second kappa shape index (κ2) is 23.1. The molecule has 0 heterocycles. The number of phenols is 2. The van der Waals surface area contributed by atoms with E-state index in [2.05, 4.69) is 31.7 Å². The summed E-state index contributed by atoms with van der Waals surface area (Å²) in [5, 5.41) is 18.8. The smallest absolute Gasteiger partial charge is 0.335 e. The van der Waals surface area contributed by atoms with Crippen LogP contribution in [0.15, 0.2) is 48.5 Å². The monoisotopic (exact) mass is 710 g/mol. The molecule has 0 bridgehead atoms. The van der Waals surface area contributed by atoms with Crippen molar-refractivity contribution >= 4 is 78.2 Å². The summed E-state index contributed by atoms with van der Waals surface area (Å²) in [7, 11) is -7.25. The first kappa shape index (κ1) is 40.7. The van der Waals surface area contributed by atoms with Gasteiger partial charge < -0.3 is 10.2 Å². The fraction of sp³-hybridized carbons (Fsp3) is 0.462. The SMILES string of the molecule is CC/C(=C(/CC)c1ccc(O)cc1)c1ccc(O)cc1.O=S(=O)(NCCCl)OCCCl.O=S(=O)(NCCCl)OCCCl. The predicted molar refractivity (Wildman–Crippen MR) is 172 cm³/mol.